The minimum atomic E-state index is -0.690. The van der Waals surface area contributed by atoms with Gasteiger partial charge in [-0.05, 0) is 55.8 Å². The molecule has 0 bridgehead atoms. The highest BCUT2D eigenvalue weighted by Crippen LogP contribution is 2.36. The molecule has 0 fully saturated rings. The molecule has 0 amide bonds. The Hall–Kier alpha value is -3.81. The minimum Gasteiger partial charge on any atom is -0.497 e. The fourth-order valence-electron chi connectivity index (χ4n) is 3.91. The number of carbonyl (C=O) groups is 1. The van der Waals surface area contributed by atoms with E-state index < -0.39 is 12.1 Å². The Kier molecular flexibility index (Phi) is 8.60. The van der Waals surface area contributed by atoms with Crippen molar-refractivity contribution < 1.29 is 28.5 Å². The molecule has 2 N–H and O–H groups in total. The molecular formula is C29H31NO6. The van der Waals surface area contributed by atoms with Crippen LogP contribution < -0.4 is 14.8 Å². The average molecular weight is 490 g/mol. The van der Waals surface area contributed by atoms with Gasteiger partial charge in [0.2, 0.25) is 0 Å². The fraction of sp³-hybridized carbons (Fsp3) is 0.276. The van der Waals surface area contributed by atoms with Crippen LogP contribution in [0.4, 0.5) is 0 Å². The Morgan fingerprint density at radius 1 is 1.03 bits per heavy atom. The number of hydrogen-bond acceptors (Lipinski definition) is 7. The maximum absolute atomic E-state index is 12.8. The molecule has 1 heterocycles. The number of carbonyl (C=O) groups excluding carboxylic acids is 1. The summed E-state index contributed by atoms with van der Waals surface area (Å²) < 4.78 is 22.3. The van der Waals surface area contributed by atoms with Gasteiger partial charge in [-0.1, -0.05) is 42.5 Å². The second kappa shape index (κ2) is 12.2. The van der Waals surface area contributed by atoms with Crippen LogP contribution in [-0.2, 0) is 11.2 Å². The van der Waals surface area contributed by atoms with Crippen molar-refractivity contribution in [2.24, 2.45) is 0 Å². The van der Waals surface area contributed by atoms with E-state index in [1.807, 2.05) is 54.6 Å². The highest BCUT2D eigenvalue weighted by molar-refractivity contribution is 6.09. The normalized spacial score (nSPS) is 11.9. The summed E-state index contributed by atoms with van der Waals surface area (Å²) in [6, 6.07) is 22.7. The third-order valence-electron chi connectivity index (χ3n) is 5.75. The van der Waals surface area contributed by atoms with E-state index in [4.69, 9.17) is 18.6 Å². The number of aliphatic hydroxyl groups excluding tert-OH is 1. The fourth-order valence-corrected chi connectivity index (χ4v) is 3.91. The lowest BCUT2D eigenvalue weighted by Gasteiger charge is -2.13. The van der Waals surface area contributed by atoms with Crippen molar-refractivity contribution in [2.75, 3.05) is 33.4 Å². The smallest absolute Gasteiger partial charge is 0.342 e. The molecule has 4 aromatic rings. The first-order valence-corrected chi connectivity index (χ1v) is 12.0. The summed E-state index contributed by atoms with van der Waals surface area (Å²) in [4.78, 5) is 12.8. The van der Waals surface area contributed by atoms with Crippen LogP contribution in [0, 0.1) is 0 Å². The Bertz CT molecular complexity index is 1270. The molecule has 1 atom stereocenters. The first-order valence-electron chi connectivity index (χ1n) is 12.0. The monoisotopic (exact) mass is 489 g/mol. The molecule has 0 spiro atoms. The molecule has 36 heavy (non-hydrogen) atoms. The molecule has 1 aromatic heterocycles. The zero-order valence-corrected chi connectivity index (χ0v) is 20.5. The van der Waals surface area contributed by atoms with Crippen LogP contribution in [0.3, 0.4) is 0 Å². The van der Waals surface area contributed by atoms with Gasteiger partial charge >= 0.3 is 5.97 Å². The quantitative estimate of drug-likeness (QED) is 0.217. The van der Waals surface area contributed by atoms with Gasteiger partial charge in [0.1, 0.15) is 41.1 Å². The molecule has 0 aliphatic heterocycles. The molecule has 0 saturated carbocycles. The molecule has 7 nitrogen and oxygen atoms in total. The predicted octanol–water partition coefficient (Wildman–Crippen LogP) is 4.86. The van der Waals surface area contributed by atoms with Crippen LogP contribution in [0.5, 0.6) is 11.5 Å². The third-order valence-corrected chi connectivity index (χ3v) is 5.75. The predicted molar refractivity (Wildman–Crippen MR) is 139 cm³/mol. The maximum Gasteiger partial charge on any atom is 0.342 e. The number of benzene rings is 3. The number of aliphatic hydroxyl groups is 1. The maximum atomic E-state index is 12.8. The Morgan fingerprint density at radius 2 is 1.78 bits per heavy atom. The molecule has 0 aliphatic carbocycles. The van der Waals surface area contributed by atoms with Crippen molar-refractivity contribution in [3.05, 3.63) is 83.9 Å². The zero-order valence-electron chi connectivity index (χ0n) is 20.5. The lowest BCUT2D eigenvalue weighted by Crippen LogP contribution is -2.32. The summed E-state index contributed by atoms with van der Waals surface area (Å²) in [6.07, 6.45) is 0.153. The average Bonchev–Trinajstić information content (AvgIpc) is 3.30. The number of methoxy groups -OCH3 is 1. The number of fused-ring (bicyclic) bond motifs is 1. The third kappa shape index (κ3) is 6.24. The highest BCUT2D eigenvalue weighted by Gasteiger charge is 2.23. The molecule has 4 rings (SSSR count). The van der Waals surface area contributed by atoms with E-state index >= 15 is 0 Å². The van der Waals surface area contributed by atoms with E-state index in [0.29, 0.717) is 34.6 Å². The van der Waals surface area contributed by atoms with Crippen molar-refractivity contribution in [1.29, 1.82) is 0 Å². The number of furan rings is 1. The van der Waals surface area contributed by atoms with Crippen LogP contribution in [0.2, 0.25) is 0 Å². The van der Waals surface area contributed by atoms with Crippen molar-refractivity contribution in [3.63, 3.8) is 0 Å². The summed E-state index contributed by atoms with van der Waals surface area (Å²) in [7, 11) is 1.65. The Labute approximate surface area is 210 Å². The van der Waals surface area contributed by atoms with Crippen molar-refractivity contribution in [3.8, 4) is 22.8 Å². The van der Waals surface area contributed by atoms with Gasteiger partial charge in [-0.3, -0.25) is 0 Å². The number of hydrogen-bond donors (Lipinski definition) is 2. The van der Waals surface area contributed by atoms with Crippen molar-refractivity contribution >= 4 is 16.9 Å². The molecule has 0 saturated heterocycles. The van der Waals surface area contributed by atoms with Gasteiger partial charge in [0.15, 0.2) is 0 Å². The van der Waals surface area contributed by atoms with Crippen LogP contribution >= 0.6 is 0 Å². The lowest BCUT2D eigenvalue weighted by molar-refractivity contribution is 0.0528. The molecule has 188 valence electrons. The Morgan fingerprint density at radius 3 is 2.50 bits per heavy atom. The van der Waals surface area contributed by atoms with Gasteiger partial charge in [0, 0.05) is 17.5 Å². The molecule has 0 radical (unpaired) electrons. The van der Waals surface area contributed by atoms with E-state index in [0.717, 1.165) is 24.3 Å². The van der Waals surface area contributed by atoms with E-state index in [1.54, 1.807) is 32.2 Å². The zero-order chi connectivity index (χ0) is 25.3. The van der Waals surface area contributed by atoms with E-state index in [-0.39, 0.29) is 13.2 Å². The molecule has 0 unspecified atom stereocenters. The molecule has 3 aromatic carbocycles. The van der Waals surface area contributed by atoms with E-state index in [2.05, 4.69) is 5.32 Å². The Balaban J connectivity index is 1.37. The van der Waals surface area contributed by atoms with Crippen molar-refractivity contribution in [1.82, 2.24) is 5.32 Å². The second-order valence-corrected chi connectivity index (χ2v) is 8.32. The van der Waals surface area contributed by atoms with Crippen LogP contribution in [0.25, 0.3) is 22.3 Å². The standard InChI is InChI=1S/C29H31NO6/c1-3-34-29(32)27-25-17-24(13-14-26(25)36-28(27)21-7-5-4-6-8-21)35-19-22(31)18-30-16-15-20-9-11-23(33-2)12-10-20/h4-14,17,22,30-31H,3,15-16,18-19H2,1-2H3/t22-/m1/s1. The summed E-state index contributed by atoms with van der Waals surface area (Å²) in [6.45, 7) is 3.27. The summed E-state index contributed by atoms with van der Waals surface area (Å²) in [5.74, 6) is 1.37. The highest BCUT2D eigenvalue weighted by atomic mass is 16.5. The van der Waals surface area contributed by atoms with Gasteiger partial charge in [-0.2, -0.15) is 0 Å². The van der Waals surface area contributed by atoms with E-state index in [1.165, 1.54) is 5.56 Å². The van der Waals surface area contributed by atoms with Gasteiger partial charge in [0.25, 0.3) is 0 Å². The van der Waals surface area contributed by atoms with Gasteiger partial charge in [-0.15, -0.1) is 0 Å². The minimum absolute atomic E-state index is 0.110. The van der Waals surface area contributed by atoms with E-state index in [9.17, 15) is 9.90 Å². The summed E-state index contributed by atoms with van der Waals surface area (Å²) in [5.41, 5.74) is 2.90. The van der Waals surface area contributed by atoms with Gasteiger partial charge in [0.05, 0.1) is 13.7 Å². The first-order chi connectivity index (χ1) is 17.6. The molecular weight excluding hydrogens is 458 g/mol. The molecule has 0 aliphatic rings. The number of nitrogens with one attached hydrogen (secondary N) is 1. The van der Waals surface area contributed by atoms with Crippen molar-refractivity contribution in [2.45, 2.75) is 19.4 Å². The van der Waals surface area contributed by atoms with Crippen LogP contribution in [0.15, 0.2) is 77.2 Å². The van der Waals surface area contributed by atoms with Crippen LogP contribution in [0.1, 0.15) is 22.8 Å². The number of esters is 1. The second-order valence-electron chi connectivity index (χ2n) is 8.32. The molecule has 7 heteroatoms. The lowest BCUT2D eigenvalue weighted by atomic mass is 10.1. The largest absolute Gasteiger partial charge is 0.497 e. The van der Waals surface area contributed by atoms with Gasteiger partial charge in [-0.25, -0.2) is 4.79 Å². The summed E-state index contributed by atoms with van der Waals surface area (Å²) >= 11 is 0. The van der Waals surface area contributed by atoms with Gasteiger partial charge < -0.3 is 29.1 Å². The number of rotatable bonds is 12. The number of ether oxygens (including phenoxy) is 3. The summed E-state index contributed by atoms with van der Waals surface area (Å²) in [5, 5.41) is 14.2. The van der Waals surface area contributed by atoms with Crippen LogP contribution in [-0.4, -0.2) is 50.6 Å². The first kappa shape index (κ1) is 25.3. The SMILES string of the molecule is CCOC(=O)c1c(-c2ccccc2)oc2ccc(OC[C@H](O)CNCCc3ccc(OC)cc3)cc12. The topological polar surface area (TPSA) is 90.2 Å².